The van der Waals surface area contributed by atoms with Crippen molar-refractivity contribution in [2.75, 3.05) is 6.67 Å². The van der Waals surface area contributed by atoms with E-state index in [0.717, 1.165) is 6.08 Å². The molecule has 4 N–H and O–H groups in total. The molecule has 0 fully saturated rings. The highest BCUT2D eigenvalue weighted by atomic mass is 16.2. The predicted octanol–water partition coefficient (Wildman–Crippen LogP) is -1.09. The summed E-state index contributed by atoms with van der Waals surface area (Å²) in [5.41, 5.74) is 4.69. The van der Waals surface area contributed by atoms with Crippen molar-refractivity contribution in [3.8, 4) is 0 Å². The summed E-state index contributed by atoms with van der Waals surface area (Å²) in [5, 5.41) is 4.46. The number of primary amides is 1. The number of nitrogens with two attached hydrogens (primary N) is 1. The number of rotatable bonds is 3. The zero-order valence-electron chi connectivity index (χ0n) is 5.39. The number of carbonyl (C=O) groups is 2. The summed E-state index contributed by atoms with van der Waals surface area (Å²) in [7, 11) is 0. The minimum atomic E-state index is -0.677. The molecule has 56 valence electrons. The number of nitrogens with one attached hydrogen (secondary N) is 2. The molecule has 5 nitrogen and oxygen atoms in total. The topological polar surface area (TPSA) is 84.2 Å². The minimum Gasteiger partial charge on any atom is -0.352 e. The Hall–Kier alpha value is -1.52. The van der Waals surface area contributed by atoms with Gasteiger partial charge in [-0.15, -0.1) is 0 Å². The highest BCUT2D eigenvalue weighted by Crippen LogP contribution is 1.62. The average Bonchev–Trinajstić information content (AvgIpc) is 1.87. The normalized spacial score (nSPS) is 8.00. The molecule has 0 aliphatic heterocycles. The minimum absolute atomic E-state index is 0.0280. The van der Waals surface area contributed by atoms with Gasteiger partial charge in [0.2, 0.25) is 5.91 Å². The lowest BCUT2D eigenvalue weighted by atomic mass is 10.6. The number of urea groups is 1. The summed E-state index contributed by atoms with van der Waals surface area (Å²) in [6, 6.07) is -0.677. The zero-order chi connectivity index (χ0) is 7.98. The van der Waals surface area contributed by atoms with Crippen molar-refractivity contribution >= 4 is 11.9 Å². The van der Waals surface area contributed by atoms with Crippen molar-refractivity contribution in [3.63, 3.8) is 0 Å². The van der Waals surface area contributed by atoms with Crippen molar-refractivity contribution in [2.24, 2.45) is 5.73 Å². The summed E-state index contributed by atoms with van der Waals surface area (Å²) in [6.45, 7) is 3.23. The first-order valence-electron chi connectivity index (χ1n) is 2.60. The first-order valence-corrected chi connectivity index (χ1v) is 2.60. The molecule has 0 saturated carbocycles. The quantitative estimate of drug-likeness (QED) is 0.346. The molecule has 0 spiro atoms. The van der Waals surface area contributed by atoms with Crippen LogP contribution in [0.2, 0.25) is 0 Å². The number of hydrogen-bond donors (Lipinski definition) is 3. The Morgan fingerprint density at radius 2 is 2.10 bits per heavy atom. The van der Waals surface area contributed by atoms with Gasteiger partial charge in [0.05, 0.1) is 6.67 Å². The van der Waals surface area contributed by atoms with E-state index in [1.54, 1.807) is 0 Å². The Bertz CT molecular complexity index is 155. The third-order valence-electron chi connectivity index (χ3n) is 0.711. The third kappa shape index (κ3) is 4.63. The number of carbonyl (C=O) groups excluding carboxylic acids is 2. The first-order chi connectivity index (χ1) is 4.66. The number of amides is 3. The van der Waals surface area contributed by atoms with Crippen molar-refractivity contribution in [3.05, 3.63) is 12.7 Å². The van der Waals surface area contributed by atoms with Crippen molar-refractivity contribution in [1.29, 1.82) is 0 Å². The lowest BCUT2D eigenvalue weighted by Crippen LogP contribution is -2.39. The molecular formula is C5H9N3O2. The van der Waals surface area contributed by atoms with E-state index in [0.29, 0.717) is 0 Å². The summed E-state index contributed by atoms with van der Waals surface area (Å²) < 4.78 is 0. The Labute approximate surface area is 58.3 Å². The summed E-state index contributed by atoms with van der Waals surface area (Å²) >= 11 is 0. The fraction of sp³-hybridized carbons (Fsp3) is 0.200. The summed E-state index contributed by atoms with van der Waals surface area (Å²) in [6.07, 6.45) is 1.10. The zero-order valence-corrected chi connectivity index (χ0v) is 5.39. The van der Waals surface area contributed by atoms with E-state index >= 15 is 0 Å². The SMILES string of the molecule is C=CC(=O)NCNC(N)=O. The molecule has 0 aliphatic carbocycles. The molecule has 0 radical (unpaired) electrons. The maximum Gasteiger partial charge on any atom is 0.313 e. The van der Waals surface area contributed by atoms with Gasteiger partial charge >= 0.3 is 6.03 Å². The molecule has 0 bridgehead atoms. The van der Waals surface area contributed by atoms with Crippen molar-refractivity contribution < 1.29 is 9.59 Å². The van der Waals surface area contributed by atoms with E-state index < -0.39 is 6.03 Å². The molecule has 0 heterocycles. The van der Waals surface area contributed by atoms with Crippen LogP contribution in [0.3, 0.4) is 0 Å². The van der Waals surface area contributed by atoms with Crippen LogP contribution in [0.25, 0.3) is 0 Å². The van der Waals surface area contributed by atoms with E-state index in [9.17, 15) is 9.59 Å². The smallest absolute Gasteiger partial charge is 0.313 e. The van der Waals surface area contributed by atoms with Gasteiger partial charge in [0.15, 0.2) is 0 Å². The van der Waals surface area contributed by atoms with E-state index in [-0.39, 0.29) is 12.6 Å². The molecule has 0 atom stereocenters. The van der Waals surface area contributed by atoms with E-state index in [1.165, 1.54) is 0 Å². The van der Waals surface area contributed by atoms with Gasteiger partial charge in [-0.05, 0) is 6.08 Å². The molecule has 3 amide bonds. The molecule has 0 aromatic rings. The van der Waals surface area contributed by atoms with E-state index in [2.05, 4.69) is 17.2 Å². The fourth-order valence-electron chi connectivity index (χ4n) is 0.291. The summed E-state index contributed by atoms with van der Waals surface area (Å²) in [5.74, 6) is -0.353. The lowest BCUT2D eigenvalue weighted by Gasteiger charge is -2.00. The first kappa shape index (κ1) is 8.48. The second kappa shape index (κ2) is 4.37. The molecule has 0 saturated heterocycles. The lowest BCUT2D eigenvalue weighted by molar-refractivity contribution is -0.116. The third-order valence-corrected chi connectivity index (χ3v) is 0.711. The molecule has 5 heteroatoms. The monoisotopic (exact) mass is 143 g/mol. The average molecular weight is 143 g/mol. The Morgan fingerprint density at radius 1 is 1.50 bits per heavy atom. The van der Waals surface area contributed by atoms with Crippen LogP contribution in [0.4, 0.5) is 4.79 Å². The molecule has 0 aliphatic rings. The van der Waals surface area contributed by atoms with Crippen LogP contribution in [0.15, 0.2) is 12.7 Å². The molecule has 0 aromatic carbocycles. The maximum absolute atomic E-state index is 10.4. The van der Waals surface area contributed by atoms with Crippen LogP contribution in [0, 0.1) is 0 Å². The van der Waals surface area contributed by atoms with Gasteiger partial charge in [0.1, 0.15) is 0 Å². The van der Waals surface area contributed by atoms with Gasteiger partial charge in [0.25, 0.3) is 0 Å². The van der Waals surface area contributed by atoms with E-state index in [4.69, 9.17) is 5.73 Å². The van der Waals surface area contributed by atoms with Crippen molar-refractivity contribution in [1.82, 2.24) is 10.6 Å². The Balaban J connectivity index is 3.28. The second-order valence-electron chi connectivity index (χ2n) is 1.46. The largest absolute Gasteiger partial charge is 0.352 e. The Kier molecular flexibility index (Phi) is 3.70. The standard InChI is InChI=1S/C5H9N3O2/c1-2-4(9)7-3-8-5(6)10/h2H,1,3H2,(H,7,9)(H3,6,8,10). The van der Waals surface area contributed by atoms with Crippen LogP contribution >= 0.6 is 0 Å². The fourth-order valence-corrected chi connectivity index (χ4v) is 0.291. The molecule has 0 unspecified atom stereocenters. The molecule has 0 aromatic heterocycles. The van der Waals surface area contributed by atoms with E-state index in [1.807, 2.05) is 0 Å². The van der Waals surface area contributed by atoms with Gasteiger partial charge in [-0.2, -0.15) is 0 Å². The number of hydrogen-bond acceptors (Lipinski definition) is 2. The summed E-state index contributed by atoms with van der Waals surface area (Å²) in [4.78, 5) is 20.4. The van der Waals surface area contributed by atoms with Gasteiger partial charge in [-0.3, -0.25) is 4.79 Å². The van der Waals surface area contributed by atoms with Crippen LogP contribution in [0.1, 0.15) is 0 Å². The molecule has 10 heavy (non-hydrogen) atoms. The van der Waals surface area contributed by atoms with Gasteiger partial charge < -0.3 is 16.4 Å². The van der Waals surface area contributed by atoms with Gasteiger partial charge in [0, 0.05) is 0 Å². The Morgan fingerprint density at radius 3 is 2.50 bits per heavy atom. The van der Waals surface area contributed by atoms with Gasteiger partial charge in [-0.1, -0.05) is 6.58 Å². The van der Waals surface area contributed by atoms with Gasteiger partial charge in [-0.25, -0.2) is 4.79 Å². The van der Waals surface area contributed by atoms with Crippen molar-refractivity contribution in [2.45, 2.75) is 0 Å². The van der Waals surface area contributed by atoms with Crippen LogP contribution in [-0.2, 0) is 4.79 Å². The molecule has 0 rings (SSSR count). The van der Waals surface area contributed by atoms with Crippen LogP contribution < -0.4 is 16.4 Å². The highest BCUT2D eigenvalue weighted by molar-refractivity contribution is 5.87. The highest BCUT2D eigenvalue weighted by Gasteiger charge is 1.92. The van der Waals surface area contributed by atoms with Crippen LogP contribution in [-0.4, -0.2) is 18.6 Å². The maximum atomic E-state index is 10.4. The molecular weight excluding hydrogens is 134 g/mol. The second-order valence-corrected chi connectivity index (χ2v) is 1.46. The predicted molar refractivity (Wildman–Crippen MR) is 35.9 cm³/mol. The van der Waals surface area contributed by atoms with Crippen LogP contribution in [0.5, 0.6) is 0 Å².